The van der Waals surface area contributed by atoms with Crippen molar-refractivity contribution < 1.29 is 29.0 Å². The molecule has 4 aromatic rings. The number of anilines is 1. The second kappa shape index (κ2) is 19.7. The van der Waals surface area contributed by atoms with Crippen molar-refractivity contribution in [2.75, 3.05) is 66.9 Å². The summed E-state index contributed by atoms with van der Waals surface area (Å²) >= 11 is 5.61. The van der Waals surface area contributed by atoms with Gasteiger partial charge in [0.25, 0.3) is 11.8 Å². The summed E-state index contributed by atoms with van der Waals surface area (Å²) in [5, 5.41) is 22.8. The van der Waals surface area contributed by atoms with Crippen LogP contribution in [0.5, 0.6) is 11.5 Å². The van der Waals surface area contributed by atoms with Gasteiger partial charge in [0, 0.05) is 38.4 Å². The van der Waals surface area contributed by atoms with Crippen LogP contribution in [0.2, 0.25) is 0 Å². The third-order valence-electron chi connectivity index (χ3n) is 13.9. The number of aryl methyl sites for hydroxylation is 1. The number of hydrogen-bond acceptors (Lipinski definition) is 8. The van der Waals surface area contributed by atoms with Crippen LogP contribution in [0.15, 0.2) is 66.7 Å². The summed E-state index contributed by atoms with van der Waals surface area (Å²) in [6.07, 6.45) is 6.17. The Hall–Kier alpha value is -5.47. The Labute approximate surface area is 383 Å². The smallest absolute Gasteiger partial charge is 0.330 e. The van der Waals surface area contributed by atoms with Crippen molar-refractivity contribution in [3.05, 3.63) is 89.1 Å². The largest absolute Gasteiger partial charge is 0.496 e. The van der Waals surface area contributed by atoms with E-state index in [1.807, 2.05) is 56.6 Å². The zero-order valence-corrected chi connectivity index (χ0v) is 39.5. The number of aromatic nitrogens is 2. The first-order chi connectivity index (χ1) is 30.6. The van der Waals surface area contributed by atoms with Gasteiger partial charge in [-0.25, -0.2) is 9.48 Å². The molecule has 2 amide bonds. The van der Waals surface area contributed by atoms with Gasteiger partial charge in [0.1, 0.15) is 17.0 Å². The first-order valence-corrected chi connectivity index (χ1v) is 23.1. The van der Waals surface area contributed by atoms with Gasteiger partial charge < -0.3 is 39.9 Å². The molecule has 4 fully saturated rings. The number of methoxy groups -OCH3 is 2. The lowest BCUT2D eigenvalue weighted by molar-refractivity contribution is -0.163. The monoisotopic (exact) mass is 891 g/mol. The van der Waals surface area contributed by atoms with E-state index in [9.17, 15) is 19.5 Å². The Balaban J connectivity index is 1.06. The van der Waals surface area contributed by atoms with Crippen molar-refractivity contribution in [3.63, 3.8) is 0 Å². The molecule has 13 nitrogen and oxygen atoms in total. The Bertz CT molecular complexity index is 2290. The number of hydrogen-bond donors (Lipinski definition) is 3. The number of carboxylic acids is 1. The molecular formula is C50H65N7O6S. The molecule has 0 radical (unpaired) electrons. The van der Waals surface area contributed by atoms with Gasteiger partial charge in [-0.3, -0.25) is 9.59 Å². The highest BCUT2D eigenvalue weighted by Crippen LogP contribution is 2.58. The van der Waals surface area contributed by atoms with Gasteiger partial charge in [-0.15, -0.1) is 0 Å². The Kier molecular flexibility index (Phi) is 14.3. The molecule has 4 aliphatic rings. The molecule has 4 saturated carbocycles. The minimum atomic E-state index is -1.34. The van der Waals surface area contributed by atoms with Crippen molar-refractivity contribution in [3.8, 4) is 28.4 Å². The van der Waals surface area contributed by atoms with E-state index in [2.05, 4.69) is 60.4 Å². The van der Waals surface area contributed by atoms with Crippen LogP contribution in [0.1, 0.15) is 96.7 Å². The lowest BCUT2D eigenvalue weighted by Crippen LogP contribution is -2.70. The predicted molar refractivity (Wildman–Crippen MR) is 255 cm³/mol. The SMILES string of the molecule is COc1cccc(OC)c1-c1cc(C(=O)NC2(C(=O)O)C3CC4CC(C3)CC2C4)nn1-c1ccc(C(=O)N(C)CCCN(C)CCCN(C)C(=S)Nc2ccc(C)cc2)cc1C(C)C. The fourth-order valence-corrected chi connectivity index (χ4v) is 10.8. The van der Waals surface area contributed by atoms with Crippen LogP contribution in [-0.4, -0.2) is 120 Å². The molecule has 3 N–H and O–H groups in total. The van der Waals surface area contributed by atoms with E-state index < -0.39 is 17.4 Å². The summed E-state index contributed by atoms with van der Waals surface area (Å²) in [4.78, 5) is 47.7. The summed E-state index contributed by atoms with van der Waals surface area (Å²) in [6, 6.07) is 20.9. The molecule has 64 heavy (non-hydrogen) atoms. The first-order valence-electron chi connectivity index (χ1n) is 22.7. The van der Waals surface area contributed by atoms with Gasteiger partial charge in [0.15, 0.2) is 10.8 Å². The molecule has 0 aliphatic heterocycles. The summed E-state index contributed by atoms with van der Waals surface area (Å²) in [5.41, 5.74) is 4.13. The molecule has 342 valence electrons. The minimum Gasteiger partial charge on any atom is -0.496 e. The Morgan fingerprint density at radius 2 is 1.44 bits per heavy atom. The molecule has 1 heterocycles. The maximum absolute atomic E-state index is 14.4. The molecule has 8 rings (SSSR count). The van der Waals surface area contributed by atoms with Gasteiger partial charge in [-0.05, 0) is 168 Å². The van der Waals surface area contributed by atoms with E-state index in [1.54, 1.807) is 35.9 Å². The van der Waals surface area contributed by atoms with Crippen molar-refractivity contribution in [1.29, 1.82) is 0 Å². The zero-order valence-electron chi connectivity index (χ0n) is 38.6. The van der Waals surface area contributed by atoms with Gasteiger partial charge in [-0.2, -0.15) is 5.10 Å². The maximum Gasteiger partial charge on any atom is 0.330 e. The molecule has 4 bridgehead atoms. The van der Waals surface area contributed by atoms with E-state index in [4.69, 9.17) is 26.8 Å². The normalized spacial score (nSPS) is 20.9. The molecule has 0 atom stereocenters. The number of thiocarbonyl (C=S) groups is 1. The second-order valence-corrected chi connectivity index (χ2v) is 19.1. The van der Waals surface area contributed by atoms with E-state index >= 15 is 0 Å². The van der Waals surface area contributed by atoms with Crippen LogP contribution in [0.4, 0.5) is 5.69 Å². The number of aliphatic carboxylic acids is 1. The summed E-state index contributed by atoms with van der Waals surface area (Å²) in [7, 11) is 9.09. The van der Waals surface area contributed by atoms with Crippen molar-refractivity contribution in [1.82, 2.24) is 29.8 Å². The Morgan fingerprint density at radius 1 is 0.844 bits per heavy atom. The number of nitrogens with one attached hydrogen (secondary N) is 2. The minimum absolute atomic E-state index is 0.0364. The van der Waals surface area contributed by atoms with Crippen molar-refractivity contribution in [2.45, 2.75) is 77.2 Å². The van der Waals surface area contributed by atoms with Gasteiger partial charge in [0.05, 0.1) is 31.2 Å². The van der Waals surface area contributed by atoms with Crippen LogP contribution in [-0.2, 0) is 4.79 Å². The van der Waals surface area contributed by atoms with E-state index in [0.717, 1.165) is 75.8 Å². The lowest BCUT2D eigenvalue weighted by atomic mass is 9.48. The van der Waals surface area contributed by atoms with E-state index in [0.29, 0.717) is 57.5 Å². The van der Waals surface area contributed by atoms with Crippen molar-refractivity contribution in [2.24, 2.45) is 23.7 Å². The van der Waals surface area contributed by atoms with E-state index in [1.165, 1.54) is 5.56 Å². The number of carbonyl (C=O) groups excluding carboxylic acids is 2. The number of carboxylic acid groups (broad SMARTS) is 1. The topological polar surface area (TPSA) is 142 Å². The molecule has 14 heteroatoms. The molecule has 4 aliphatic carbocycles. The number of nitrogens with zero attached hydrogens (tertiary/aromatic N) is 5. The Morgan fingerprint density at radius 3 is 2.00 bits per heavy atom. The highest BCUT2D eigenvalue weighted by Gasteiger charge is 2.62. The third kappa shape index (κ3) is 9.63. The first kappa shape index (κ1) is 46.5. The second-order valence-electron chi connectivity index (χ2n) is 18.7. The fraction of sp³-hybridized carbons (Fsp3) is 0.500. The number of benzene rings is 3. The molecule has 0 saturated heterocycles. The number of carbonyl (C=O) groups is 3. The average Bonchev–Trinajstić information content (AvgIpc) is 3.72. The van der Waals surface area contributed by atoms with Crippen molar-refractivity contribution >= 4 is 40.8 Å². The van der Waals surface area contributed by atoms with Crippen LogP contribution in [0, 0.1) is 30.6 Å². The number of rotatable bonds is 18. The van der Waals surface area contributed by atoms with Crippen LogP contribution in [0.25, 0.3) is 16.9 Å². The number of ether oxygens (including phenoxy) is 2. The fourth-order valence-electron chi connectivity index (χ4n) is 10.6. The zero-order chi connectivity index (χ0) is 45.9. The highest BCUT2D eigenvalue weighted by molar-refractivity contribution is 7.80. The summed E-state index contributed by atoms with van der Waals surface area (Å²) < 4.78 is 13.4. The quantitative estimate of drug-likeness (QED) is 0.0835. The lowest BCUT2D eigenvalue weighted by Gasteiger charge is -2.59. The summed E-state index contributed by atoms with van der Waals surface area (Å²) in [6.45, 7) is 9.32. The highest BCUT2D eigenvalue weighted by atomic mass is 32.1. The predicted octanol–water partition coefficient (Wildman–Crippen LogP) is 8.11. The average molecular weight is 892 g/mol. The van der Waals surface area contributed by atoms with Crippen LogP contribution in [0.3, 0.4) is 0 Å². The van der Waals surface area contributed by atoms with E-state index in [-0.39, 0.29) is 29.4 Å². The molecule has 0 unspecified atom stereocenters. The van der Waals surface area contributed by atoms with Crippen LogP contribution >= 0.6 is 12.2 Å². The molecule has 1 aromatic heterocycles. The molecule has 0 spiro atoms. The van der Waals surface area contributed by atoms with Gasteiger partial charge >= 0.3 is 5.97 Å². The summed E-state index contributed by atoms with van der Waals surface area (Å²) in [5.74, 6) is 0.221. The van der Waals surface area contributed by atoms with Gasteiger partial charge in [-0.1, -0.05) is 37.6 Å². The molecule has 3 aromatic carbocycles. The van der Waals surface area contributed by atoms with Crippen LogP contribution < -0.4 is 20.1 Å². The standard InChI is InChI=1S/C50H65N7O6S/c1-31(2)39-29-35(47(59)55(5)22-10-20-54(4)21-11-23-56(6)49(64)51-38-17-14-32(3)15-18-38)16-19-41(39)57-42(45-43(62-7)12-9-13-44(45)63-8)30-40(53-57)46(58)52-50(48(60)61)36-25-33-24-34(27-36)28-37(50)26-33/h9,12-19,29-31,33-34,36-37H,10-11,20-28H2,1-8H3,(H,51,64)(H,52,58)(H,60,61). The van der Waals surface area contributed by atoms with Gasteiger partial charge in [0.2, 0.25) is 0 Å². The third-order valence-corrected chi connectivity index (χ3v) is 14.3. The maximum atomic E-state index is 14.4. The molecular weight excluding hydrogens is 827 g/mol. The number of amides is 2.